The summed E-state index contributed by atoms with van der Waals surface area (Å²) in [7, 11) is -3.83. The number of carboxylic acids is 1. The van der Waals surface area contributed by atoms with Crippen LogP contribution < -0.4 is 4.83 Å². The zero-order chi connectivity index (χ0) is 23.3. The van der Waals surface area contributed by atoms with Crippen molar-refractivity contribution in [2.45, 2.75) is 18.7 Å². The monoisotopic (exact) mass is 468 g/mol. The minimum atomic E-state index is -3.83. The van der Waals surface area contributed by atoms with Crippen molar-refractivity contribution < 1.29 is 18.3 Å². The molecule has 3 rings (SSSR count). The van der Waals surface area contributed by atoms with Gasteiger partial charge in [0, 0.05) is 23.5 Å². The van der Waals surface area contributed by atoms with Crippen LogP contribution in [0.15, 0.2) is 58.8 Å². The maximum atomic E-state index is 12.4. The van der Waals surface area contributed by atoms with E-state index in [-0.39, 0.29) is 15.7 Å². The molecule has 2 aromatic heterocycles. The number of carbonyl (C=O) groups is 1. The molecule has 2 N–H and O–H groups in total. The van der Waals surface area contributed by atoms with E-state index in [9.17, 15) is 13.2 Å². The molecule has 0 bridgehead atoms. The number of aryl methyl sites for hydroxylation is 2. The first-order valence-corrected chi connectivity index (χ1v) is 11.0. The molecular formula is C22H17ClN4O4S. The normalized spacial score (nSPS) is 11.1. The molecule has 0 aliphatic heterocycles. The van der Waals surface area contributed by atoms with E-state index in [1.165, 1.54) is 42.9 Å². The zero-order valence-corrected chi connectivity index (χ0v) is 18.6. The summed E-state index contributed by atoms with van der Waals surface area (Å²) in [6, 6.07) is 9.27. The summed E-state index contributed by atoms with van der Waals surface area (Å²) in [5.41, 5.74) is 2.92. The number of rotatable bonds is 5. The molecule has 0 saturated heterocycles. The third-order valence-corrected chi connectivity index (χ3v) is 5.72. The molecule has 32 heavy (non-hydrogen) atoms. The molecule has 0 fully saturated rings. The molecular weight excluding hydrogens is 452 g/mol. The molecule has 0 aliphatic carbocycles. The number of halogens is 1. The fourth-order valence-corrected chi connectivity index (χ4v) is 3.49. The largest absolute Gasteiger partial charge is 0.477 e. The number of hydrogen-bond donors (Lipinski definition) is 2. The molecule has 0 saturated carbocycles. The summed E-state index contributed by atoms with van der Waals surface area (Å²) in [6.07, 6.45) is 4.08. The molecule has 0 amide bonds. The second-order valence-electron chi connectivity index (χ2n) is 6.70. The van der Waals surface area contributed by atoms with Crippen molar-refractivity contribution in [3.8, 4) is 11.8 Å². The van der Waals surface area contributed by atoms with E-state index in [4.69, 9.17) is 16.7 Å². The Morgan fingerprint density at radius 3 is 2.41 bits per heavy atom. The molecule has 0 unspecified atom stereocenters. The average Bonchev–Trinajstić information content (AvgIpc) is 2.74. The summed E-state index contributed by atoms with van der Waals surface area (Å²) in [5.74, 6) is 4.69. The number of aromatic carboxylic acids is 1. The van der Waals surface area contributed by atoms with Gasteiger partial charge in [-0.15, -0.1) is 0 Å². The number of hydrazone groups is 1. The van der Waals surface area contributed by atoms with Gasteiger partial charge in [0.05, 0.1) is 16.7 Å². The van der Waals surface area contributed by atoms with Crippen LogP contribution in [0.25, 0.3) is 0 Å². The van der Waals surface area contributed by atoms with E-state index in [2.05, 4.69) is 31.7 Å². The Hall–Kier alpha value is -3.74. The van der Waals surface area contributed by atoms with Gasteiger partial charge in [0.2, 0.25) is 0 Å². The molecule has 3 aromatic rings. The number of benzene rings is 1. The molecule has 0 radical (unpaired) electrons. The van der Waals surface area contributed by atoms with Gasteiger partial charge in [-0.1, -0.05) is 41.1 Å². The first-order chi connectivity index (χ1) is 15.2. The summed E-state index contributed by atoms with van der Waals surface area (Å²) in [5, 5.41) is 13.0. The lowest BCUT2D eigenvalue weighted by Gasteiger charge is -2.04. The predicted octanol–water partition coefficient (Wildman–Crippen LogP) is 3.16. The molecule has 10 heteroatoms. The first-order valence-electron chi connectivity index (χ1n) is 9.15. The lowest BCUT2D eigenvalue weighted by molar-refractivity contribution is 0.0690. The van der Waals surface area contributed by atoms with E-state index in [0.29, 0.717) is 22.3 Å². The zero-order valence-electron chi connectivity index (χ0n) is 17.0. The fourth-order valence-electron chi connectivity index (χ4n) is 2.53. The van der Waals surface area contributed by atoms with Gasteiger partial charge in [-0.3, -0.25) is 0 Å². The van der Waals surface area contributed by atoms with Crippen LogP contribution in [-0.2, 0) is 10.0 Å². The molecule has 1 aromatic carbocycles. The van der Waals surface area contributed by atoms with Crippen LogP contribution in [0.5, 0.6) is 0 Å². The van der Waals surface area contributed by atoms with Crippen molar-refractivity contribution in [3.63, 3.8) is 0 Å². The smallest absolute Gasteiger partial charge is 0.354 e. The lowest BCUT2D eigenvalue weighted by Crippen LogP contribution is -2.18. The first kappa shape index (κ1) is 22.9. The minimum absolute atomic E-state index is 0.0742. The van der Waals surface area contributed by atoms with Gasteiger partial charge < -0.3 is 5.11 Å². The Morgan fingerprint density at radius 1 is 1.09 bits per heavy atom. The molecule has 162 valence electrons. The molecule has 0 spiro atoms. The number of nitrogens with zero attached hydrogens (tertiary/aromatic N) is 3. The second kappa shape index (κ2) is 9.60. The van der Waals surface area contributed by atoms with Crippen LogP contribution in [0.3, 0.4) is 0 Å². The van der Waals surface area contributed by atoms with Crippen molar-refractivity contribution in [1.29, 1.82) is 0 Å². The third kappa shape index (κ3) is 5.69. The van der Waals surface area contributed by atoms with E-state index in [1.807, 2.05) is 6.92 Å². The predicted molar refractivity (Wildman–Crippen MR) is 120 cm³/mol. The minimum Gasteiger partial charge on any atom is -0.477 e. The quantitative estimate of drug-likeness (QED) is 0.257. The molecule has 0 aliphatic rings. The fraction of sp³-hybridized carbons (Fsp3) is 0.0909. The topological polar surface area (TPSA) is 122 Å². The summed E-state index contributed by atoms with van der Waals surface area (Å²) >= 11 is 5.96. The molecule has 8 nitrogen and oxygen atoms in total. The summed E-state index contributed by atoms with van der Waals surface area (Å²) in [4.78, 5) is 21.1. The summed E-state index contributed by atoms with van der Waals surface area (Å²) < 4.78 is 24.7. The maximum absolute atomic E-state index is 12.4. The maximum Gasteiger partial charge on any atom is 0.354 e. The highest BCUT2D eigenvalue weighted by molar-refractivity contribution is 7.89. The van der Waals surface area contributed by atoms with Gasteiger partial charge in [0.15, 0.2) is 0 Å². The lowest BCUT2D eigenvalue weighted by atomic mass is 10.1. The van der Waals surface area contributed by atoms with Gasteiger partial charge in [0.1, 0.15) is 10.8 Å². The van der Waals surface area contributed by atoms with Crippen molar-refractivity contribution in [3.05, 3.63) is 87.5 Å². The molecule has 2 heterocycles. The van der Waals surface area contributed by atoms with Crippen LogP contribution in [0.4, 0.5) is 0 Å². The Morgan fingerprint density at radius 2 is 1.75 bits per heavy atom. The Bertz CT molecular complexity index is 1380. The third-order valence-electron chi connectivity index (χ3n) is 4.27. The number of nitrogens with one attached hydrogen (secondary N) is 1. The van der Waals surface area contributed by atoms with Gasteiger partial charge in [-0.25, -0.2) is 19.6 Å². The van der Waals surface area contributed by atoms with Gasteiger partial charge in [-0.05, 0) is 43.7 Å². The van der Waals surface area contributed by atoms with Crippen LogP contribution in [0.2, 0.25) is 5.15 Å². The van der Waals surface area contributed by atoms with Crippen LogP contribution >= 0.6 is 11.6 Å². The van der Waals surface area contributed by atoms with Crippen LogP contribution in [0, 0.1) is 25.7 Å². The number of sulfonamides is 1. The molecule has 0 atom stereocenters. The summed E-state index contributed by atoms with van der Waals surface area (Å²) in [6.45, 7) is 3.58. The number of hydrogen-bond acceptors (Lipinski definition) is 6. The number of aromatic nitrogens is 2. The van der Waals surface area contributed by atoms with E-state index >= 15 is 0 Å². The Balaban J connectivity index is 1.86. The van der Waals surface area contributed by atoms with Crippen molar-refractivity contribution in [2.75, 3.05) is 0 Å². The number of carboxylic acid groups (broad SMARTS) is 1. The van der Waals surface area contributed by atoms with E-state index in [0.717, 1.165) is 5.56 Å². The van der Waals surface area contributed by atoms with Crippen LogP contribution in [-0.4, -0.2) is 35.7 Å². The number of pyridine rings is 2. The van der Waals surface area contributed by atoms with Crippen molar-refractivity contribution in [2.24, 2.45) is 5.10 Å². The highest BCUT2D eigenvalue weighted by Gasteiger charge is 2.12. The van der Waals surface area contributed by atoms with Crippen LogP contribution in [0.1, 0.15) is 38.3 Å². The highest BCUT2D eigenvalue weighted by Crippen LogP contribution is 2.13. The van der Waals surface area contributed by atoms with Crippen molar-refractivity contribution >= 4 is 33.8 Å². The standard InChI is InChI=1S/C22H17ClN4O4S/c1-14-3-7-19(8-4-14)32(30,31)27-26-13-18-10-21(23)25-12-17(18)6-5-16-11-24-20(22(28)29)9-15(16)2/h3-4,7-13,27H,1-2H3,(H,28,29)/b26-13+. The Kier molecular flexibility index (Phi) is 6.88. The van der Waals surface area contributed by atoms with E-state index < -0.39 is 16.0 Å². The second-order valence-corrected chi connectivity index (χ2v) is 8.75. The van der Waals surface area contributed by atoms with Gasteiger partial charge in [0.25, 0.3) is 10.0 Å². The van der Waals surface area contributed by atoms with Crippen molar-refractivity contribution in [1.82, 2.24) is 14.8 Å². The Labute approximate surface area is 190 Å². The van der Waals surface area contributed by atoms with Gasteiger partial charge in [-0.2, -0.15) is 13.5 Å². The average molecular weight is 469 g/mol. The highest BCUT2D eigenvalue weighted by atomic mass is 35.5. The van der Waals surface area contributed by atoms with E-state index in [1.54, 1.807) is 19.1 Å². The van der Waals surface area contributed by atoms with Gasteiger partial charge >= 0.3 is 5.97 Å². The SMILES string of the molecule is Cc1ccc(S(=O)(=O)N/N=C/c2cc(Cl)ncc2C#Cc2cnc(C(=O)O)cc2C)cc1.